The molecule has 1 aliphatic rings. The van der Waals surface area contributed by atoms with Gasteiger partial charge in [0.2, 0.25) is 5.89 Å². The number of pyridine rings is 1. The summed E-state index contributed by atoms with van der Waals surface area (Å²) in [4.78, 5) is 42.1. The summed E-state index contributed by atoms with van der Waals surface area (Å²) < 4.78 is 5.12. The number of carbonyl (C=O) groups is 1. The van der Waals surface area contributed by atoms with Gasteiger partial charge in [0, 0.05) is 12.1 Å². The molecule has 0 atom stereocenters. The van der Waals surface area contributed by atoms with Gasteiger partial charge in [0.25, 0.3) is 11.5 Å². The Morgan fingerprint density at radius 2 is 2.14 bits per heavy atom. The number of nitrogens with zero attached hydrogens (tertiary/aromatic N) is 5. The number of hydrogen-bond acceptors (Lipinski definition) is 8. The lowest BCUT2D eigenvalue weighted by molar-refractivity contribution is 0.0949. The van der Waals surface area contributed by atoms with Crippen molar-refractivity contribution in [2.24, 2.45) is 0 Å². The van der Waals surface area contributed by atoms with Gasteiger partial charge in [-0.05, 0) is 19.1 Å². The summed E-state index contributed by atoms with van der Waals surface area (Å²) in [6.07, 6.45) is 1.51. The lowest BCUT2D eigenvalue weighted by Crippen LogP contribution is -2.24. The SMILES string of the molecule is Cc1nc2c(c(=O)[nH]1)CN(c1ccc(C(=O)NCc3noc(C(C)C)n3)cn1)C2. The molecule has 1 aliphatic heterocycles. The lowest BCUT2D eigenvalue weighted by Gasteiger charge is -2.16. The zero-order valence-corrected chi connectivity index (χ0v) is 16.4. The van der Waals surface area contributed by atoms with E-state index < -0.39 is 0 Å². The largest absolute Gasteiger partial charge is 0.346 e. The Morgan fingerprint density at radius 3 is 2.83 bits per heavy atom. The van der Waals surface area contributed by atoms with E-state index in [4.69, 9.17) is 4.52 Å². The summed E-state index contributed by atoms with van der Waals surface area (Å²) in [6, 6.07) is 3.45. The molecule has 2 N–H and O–H groups in total. The van der Waals surface area contributed by atoms with Crippen LogP contribution in [0.2, 0.25) is 0 Å². The average Bonchev–Trinajstić information content (AvgIpc) is 3.33. The van der Waals surface area contributed by atoms with Crippen molar-refractivity contribution >= 4 is 11.7 Å². The summed E-state index contributed by atoms with van der Waals surface area (Å²) in [5.41, 5.74) is 1.72. The number of H-pyrrole nitrogens is 1. The molecule has 0 saturated heterocycles. The summed E-state index contributed by atoms with van der Waals surface area (Å²) in [5.74, 6) is 2.09. The molecule has 10 nitrogen and oxygen atoms in total. The van der Waals surface area contributed by atoms with Gasteiger partial charge >= 0.3 is 0 Å². The molecule has 3 aromatic heterocycles. The Labute approximate surface area is 166 Å². The highest BCUT2D eigenvalue weighted by atomic mass is 16.5. The molecule has 0 spiro atoms. The molecule has 3 aromatic rings. The highest BCUT2D eigenvalue weighted by molar-refractivity contribution is 5.93. The molecule has 0 bridgehead atoms. The zero-order chi connectivity index (χ0) is 20.5. The second kappa shape index (κ2) is 7.46. The molecule has 0 unspecified atom stereocenters. The minimum atomic E-state index is -0.279. The van der Waals surface area contributed by atoms with Crippen LogP contribution in [-0.2, 0) is 19.6 Å². The topological polar surface area (TPSA) is 130 Å². The normalized spacial score (nSPS) is 13.0. The van der Waals surface area contributed by atoms with Crippen molar-refractivity contribution in [3.05, 3.63) is 63.0 Å². The first-order chi connectivity index (χ1) is 13.9. The quantitative estimate of drug-likeness (QED) is 0.663. The van der Waals surface area contributed by atoms with Crippen LogP contribution in [0.15, 0.2) is 27.6 Å². The molecule has 150 valence electrons. The van der Waals surface area contributed by atoms with E-state index in [-0.39, 0.29) is 23.9 Å². The molecule has 0 radical (unpaired) electrons. The van der Waals surface area contributed by atoms with Crippen molar-refractivity contribution in [2.45, 2.75) is 46.3 Å². The standard InChI is InChI=1S/C19H21N7O3/c1-10(2)19-24-15(25-29-19)7-21-17(27)12-4-5-16(20-6-12)26-8-13-14(9-26)22-11(3)23-18(13)28/h4-6,10H,7-9H2,1-3H3,(H,21,27)(H,22,23,28). The third-order valence-corrected chi connectivity index (χ3v) is 4.63. The van der Waals surface area contributed by atoms with Gasteiger partial charge in [0.05, 0.1) is 36.5 Å². The Balaban J connectivity index is 1.39. The minimum Gasteiger partial charge on any atom is -0.346 e. The Hall–Kier alpha value is -3.56. The van der Waals surface area contributed by atoms with Gasteiger partial charge in [0.1, 0.15) is 11.6 Å². The Bertz CT molecular complexity index is 1100. The van der Waals surface area contributed by atoms with Crippen LogP contribution in [-0.4, -0.2) is 31.0 Å². The lowest BCUT2D eigenvalue weighted by atomic mass is 10.2. The van der Waals surface area contributed by atoms with Crippen LogP contribution in [0.25, 0.3) is 0 Å². The van der Waals surface area contributed by atoms with Gasteiger partial charge in [-0.3, -0.25) is 9.59 Å². The van der Waals surface area contributed by atoms with Crippen molar-refractivity contribution in [2.75, 3.05) is 4.90 Å². The van der Waals surface area contributed by atoms with E-state index in [1.54, 1.807) is 19.1 Å². The third kappa shape index (κ3) is 3.86. The molecule has 0 aromatic carbocycles. The van der Waals surface area contributed by atoms with E-state index in [1.807, 2.05) is 18.7 Å². The van der Waals surface area contributed by atoms with Crippen LogP contribution < -0.4 is 15.8 Å². The summed E-state index contributed by atoms with van der Waals surface area (Å²) in [6.45, 7) is 6.78. The van der Waals surface area contributed by atoms with Gasteiger partial charge in [-0.2, -0.15) is 4.98 Å². The van der Waals surface area contributed by atoms with Gasteiger partial charge < -0.3 is 19.7 Å². The van der Waals surface area contributed by atoms with Crippen LogP contribution in [0.4, 0.5) is 5.82 Å². The number of nitrogens with one attached hydrogen (secondary N) is 2. The molecule has 4 heterocycles. The summed E-state index contributed by atoms with van der Waals surface area (Å²) in [7, 11) is 0. The first-order valence-electron chi connectivity index (χ1n) is 9.31. The predicted molar refractivity (Wildman–Crippen MR) is 103 cm³/mol. The van der Waals surface area contributed by atoms with E-state index in [0.717, 1.165) is 5.69 Å². The average molecular weight is 395 g/mol. The number of fused-ring (bicyclic) bond motifs is 1. The third-order valence-electron chi connectivity index (χ3n) is 4.63. The summed E-state index contributed by atoms with van der Waals surface area (Å²) in [5, 5.41) is 6.60. The van der Waals surface area contributed by atoms with Gasteiger partial charge in [-0.1, -0.05) is 19.0 Å². The maximum absolute atomic E-state index is 12.3. The van der Waals surface area contributed by atoms with Gasteiger partial charge in [0.15, 0.2) is 5.82 Å². The molecule has 10 heteroatoms. The van der Waals surface area contributed by atoms with E-state index in [9.17, 15) is 9.59 Å². The van der Waals surface area contributed by atoms with Crippen LogP contribution in [0.5, 0.6) is 0 Å². The Morgan fingerprint density at radius 1 is 1.31 bits per heavy atom. The van der Waals surface area contributed by atoms with E-state index in [2.05, 4.69) is 30.4 Å². The van der Waals surface area contributed by atoms with E-state index in [1.165, 1.54) is 6.20 Å². The Kier molecular flexibility index (Phi) is 4.83. The molecule has 1 amide bonds. The molecule has 0 aliphatic carbocycles. The van der Waals surface area contributed by atoms with Gasteiger partial charge in [-0.25, -0.2) is 9.97 Å². The van der Waals surface area contributed by atoms with Crippen LogP contribution in [0, 0.1) is 6.92 Å². The van der Waals surface area contributed by atoms with Crippen LogP contribution in [0.3, 0.4) is 0 Å². The van der Waals surface area contributed by atoms with E-state index in [0.29, 0.717) is 47.6 Å². The fraction of sp³-hybridized carbons (Fsp3) is 0.368. The second-order valence-corrected chi connectivity index (χ2v) is 7.22. The van der Waals surface area contributed by atoms with Crippen molar-refractivity contribution in [3.8, 4) is 0 Å². The maximum atomic E-state index is 12.3. The number of aromatic nitrogens is 5. The number of hydrogen-bond donors (Lipinski definition) is 2. The van der Waals surface area contributed by atoms with Gasteiger partial charge in [-0.15, -0.1) is 0 Å². The summed E-state index contributed by atoms with van der Waals surface area (Å²) >= 11 is 0. The van der Waals surface area contributed by atoms with E-state index >= 15 is 0 Å². The highest BCUT2D eigenvalue weighted by Gasteiger charge is 2.24. The molecular formula is C19H21N7O3. The number of aromatic amines is 1. The van der Waals surface area contributed by atoms with Crippen molar-refractivity contribution in [3.63, 3.8) is 0 Å². The predicted octanol–water partition coefficient (Wildman–Crippen LogP) is 1.43. The van der Waals surface area contributed by atoms with Crippen molar-refractivity contribution in [1.82, 2.24) is 30.4 Å². The number of rotatable bonds is 5. The van der Waals surface area contributed by atoms with Crippen LogP contribution >= 0.6 is 0 Å². The molecule has 0 fully saturated rings. The number of amides is 1. The number of carbonyl (C=O) groups excluding carboxylic acids is 1. The number of anilines is 1. The first-order valence-corrected chi connectivity index (χ1v) is 9.31. The first kappa shape index (κ1) is 18.8. The fourth-order valence-electron chi connectivity index (χ4n) is 3.09. The fourth-order valence-corrected chi connectivity index (χ4v) is 3.09. The number of aryl methyl sites for hydroxylation is 1. The molecule has 4 rings (SSSR count). The maximum Gasteiger partial charge on any atom is 0.256 e. The van der Waals surface area contributed by atoms with Crippen molar-refractivity contribution in [1.29, 1.82) is 0 Å². The van der Waals surface area contributed by atoms with Crippen LogP contribution in [0.1, 0.15) is 58.9 Å². The zero-order valence-electron chi connectivity index (χ0n) is 16.4. The molecular weight excluding hydrogens is 374 g/mol. The molecule has 29 heavy (non-hydrogen) atoms. The molecule has 0 saturated carbocycles. The highest BCUT2D eigenvalue weighted by Crippen LogP contribution is 2.23. The van der Waals surface area contributed by atoms with Crippen molar-refractivity contribution < 1.29 is 9.32 Å². The second-order valence-electron chi connectivity index (χ2n) is 7.22. The monoisotopic (exact) mass is 395 g/mol. The minimum absolute atomic E-state index is 0.118. The smallest absolute Gasteiger partial charge is 0.256 e.